The van der Waals surface area contributed by atoms with Gasteiger partial charge in [-0.2, -0.15) is 0 Å². The van der Waals surface area contributed by atoms with Crippen molar-refractivity contribution < 1.29 is 23.9 Å². The summed E-state index contributed by atoms with van der Waals surface area (Å²) in [5.41, 5.74) is 1.69. The molecule has 0 saturated carbocycles. The van der Waals surface area contributed by atoms with E-state index in [1.807, 2.05) is 32.0 Å². The lowest BCUT2D eigenvalue weighted by molar-refractivity contribution is -0.122. The number of ether oxygens (including phenoxy) is 2. The molecule has 202 valence electrons. The molecule has 1 fully saturated rings. The van der Waals surface area contributed by atoms with Crippen LogP contribution >= 0.6 is 11.8 Å². The Morgan fingerprint density at radius 3 is 2.50 bits per heavy atom. The lowest BCUT2D eigenvalue weighted by atomic mass is 10.1. The zero-order chi connectivity index (χ0) is 28.1. The van der Waals surface area contributed by atoms with E-state index in [4.69, 9.17) is 9.47 Å². The molecule has 0 bridgehead atoms. The molecule has 0 unspecified atom stereocenters. The Balaban J connectivity index is 1.31. The van der Waals surface area contributed by atoms with E-state index < -0.39 is 17.8 Å². The number of nitrogens with zero attached hydrogens (tertiary/aromatic N) is 1. The standard InChI is InChI=1S/C32H28N2O5S/c1-3-38-28-20-22(19-26-30(35)33-32(37)34(31(26)36)24-11-6-8-21(2)18-24)14-15-27(28)39-16-17-40-29-13-7-10-23-9-4-5-12-25(23)29/h4-15,18-20H,3,16-17H2,1-2H3,(H,33,35,37)/b26-19+. The van der Waals surface area contributed by atoms with Crippen LogP contribution in [0.15, 0.2) is 95.4 Å². The van der Waals surface area contributed by atoms with E-state index in [9.17, 15) is 14.4 Å². The van der Waals surface area contributed by atoms with E-state index in [0.29, 0.717) is 36.0 Å². The minimum atomic E-state index is -0.780. The fourth-order valence-electron chi connectivity index (χ4n) is 4.45. The number of carbonyl (C=O) groups is 3. The molecule has 1 aliphatic heterocycles. The van der Waals surface area contributed by atoms with Gasteiger partial charge >= 0.3 is 6.03 Å². The first-order valence-electron chi connectivity index (χ1n) is 12.9. The van der Waals surface area contributed by atoms with Crippen LogP contribution in [0.4, 0.5) is 10.5 Å². The average molecular weight is 553 g/mol. The molecule has 4 aromatic rings. The number of thioether (sulfide) groups is 1. The van der Waals surface area contributed by atoms with Gasteiger partial charge in [-0.05, 0) is 72.2 Å². The highest BCUT2D eigenvalue weighted by atomic mass is 32.2. The van der Waals surface area contributed by atoms with Crippen LogP contribution in [0.1, 0.15) is 18.1 Å². The van der Waals surface area contributed by atoms with Gasteiger partial charge in [-0.1, -0.05) is 54.6 Å². The van der Waals surface area contributed by atoms with Gasteiger partial charge in [0.25, 0.3) is 11.8 Å². The number of nitrogens with one attached hydrogen (secondary N) is 1. The fourth-order valence-corrected chi connectivity index (χ4v) is 5.36. The Kier molecular flexibility index (Phi) is 8.17. The Morgan fingerprint density at radius 1 is 0.875 bits per heavy atom. The van der Waals surface area contributed by atoms with Crippen LogP contribution < -0.4 is 19.7 Å². The van der Waals surface area contributed by atoms with E-state index >= 15 is 0 Å². The van der Waals surface area contributed by atoms with Crippen LogP contribution in [-0.2, 0) is 9.59 Å². The summed E-state index contributed by atoms with van der Waals surface area (Å²) in [7, 11) is 0. The second-order valence-electron chi connectivity index (χ2n) is 9.11. The summed E-state index contributed by atoms with van der Waals surface area (Å²) in [6.07, 6.45) is 1.45. The largest absolute Gasteiger partial charge is 0.490 e. The zero-order valence-electron chi connectivity index (χ0n) is 22.2. The molecule has 0 atom stereocenters. The lowest BCUT2D eigenvalue weighted by Crippen LogP contribution is -2.54. The molecule has 1 heterocycles. The van der Waals surface area contributed by atoms with Crippen molar-refractivity contribution in [1.82, 2.24) is 5.32 Å². The first-order valence-corrected chi connectivity index (χ1v) is 13.9. The summed E-state index contributed by atoms with van der Waals surface area (Å²) in [6, 6.07) is 26.0. The Bertz CT molecular complexity index is 1630. The Labute approximate surface area is 236 Å². The van der Waals surface area contributed by atoms with Crippen LogP contribution in [0.25, 0.3) is 16.8 Å². The number of benzene rings is 4. The Hall–Kier alpha value is -4.56. The van der Waals surface area contributed by atoms with Gasteiger partial charge in [0.1, 0.15) is 5.57 Å². The van der Waals surface area contributed by atoms with Gasteiger partial charge in [-0.3, -0.25) is 14.9 Å². The highest BCUT2D eigenvalue weighted by Gasteiger charge is 2.36. The molecule has 1 aliphatic rings. The number of fused-ring (bicyclic) bond motifs is 1. The number of barbiturate groups is 1. The molecular formula is C32H28N2O5S. The van der Waals surface area contributed by atoms with Crippen molar-refractivity contribution >= 4 is 52.1 Å². The normalized spacial score (nSPS) is 14.5. The predicted octanol–water partition coefficient (Wildman–Crippen LogP) is 6.38. The van der Waals surface area contributed by atoms with Gasteiger partial charge in [0, 0.05) is 10.6 Å². The van der Waals surface area contributed by atoms with Crippen molar-refractivity contribution in [2.45, 2.75) is 18.7 Å². The van der Waals surface area contributed by atoms with Gasteiger partial charge < -0.3 is 9.47 Å². The van der Waals surface area contributed by atoms with E-state index in [1.165, 1.54) is 21.7 Å². The third kappa shape index (κ3) is 5.87. The van der Waals surface area contributed by atoms with Crippen molar-refractivity contribution in [2.75, 3.05) is 23.9 Å². The highest BCUT2D eigenvalue weighted by molar-refractivity contribution is 7.99. The summed E-state index contributed by atoms with van der Waals surface area (Å²) in [6.45, 7) is 4.60. The van der Waals surface area contributed by atoms with E-state index in [-0.39, 0.29) is 5.57 Å². The number of hydrogen-bond donors (Lipinski definition) is 1. The van der Waals surface area contributed by atoms with Crippen LogP contribution in [-0.4, -0.2) is 36.8 Å². The monoisotopic (exact) mass is 552 g/mol. The van der Waals surface area contributed by atoms with Crippen LogP contribution in [0.2, 0.25) is 0 Å². The molecule has 4 aromatic carbocycles. The molecular weight excluding hydrogens is 524 g/mol. The molecule has 7 nitrogen and oxygen atoms in total. The average Bonchev–Trinajstić information content (AvgIpc) is 2.94. The fraction of sp³-hybridized carbons (Fsp3) is 0.156. The Morgan fingerprint density at radius 2 is 1.68 bits per heavy atom. The van der Waals surface area contributed by atoms with Crippen molar-refractivity contribution in [3.05, 3.63) is 102 Å². The quantitative estimate of drug-likeness (QED) is 0.112. The predicted molar refractivity (Wildman–Crippen MR) is 158 cm³/mol. The number of rotatable bonds is 9. The highest BCUT2D eigenvalue weighted by Crippen LogP contribution is 2.32. The number of amides is 4. The maximum Gasteiger partial charge on any atom is 0.335 e. The number of aryl methyl sites for hydroxylation is 1. The summed E-state index contributed by atoms with van der Waals surface area (Å²) in [5.74, 6) is 0.370. The van der Waals surface area contributed by atoms with Crippen molar-refractivity contribution in [3.8, 4) is 11.5 Å². The third-order valence-electron chi connectivity index (χ3n) is 6.29. The molecule has 0 radical (unpaired) electrons. The van der Waals surface area contributed by atoms with Gasteiger partial charge in [0.2, 0.25) is 0 Å². The summed E-state index contributed by atoms with van der Waals surface area (Å²) in [5, 5.41) is 4.68. The number of carbonyl (C=O) groups excluding carboxylic acids is 3. The van der Waals surface area contributed by atoms with Crippen LogP contribution in [0.3, 0.4) is 0 Å². The topological polar surface area (TPSA) is 84.9 Å². The molecule has 0 aliphatic carbocycles. The van der Waals surface area contributed by atoms with Crippen molar-refractivity contribution in [1.29, 1.82) is 0 Å². The molecule has 40 heavy (non-hydrogen) atoms. The second-order valence-corrected chi connectivity index (χ2v) is 10.2. The maximum absolute atomic E-state index is 13.2. The van der Waals surface area contributed by atoms with Crippen LogP contribution in [0.5, 0.6) is 11.5 Å². The molecule has 8 heteroatoms. The summed E-state index contributed by atoms with van der Waals surface area (Å²) >= 11 is 1.73. The summed E-state index contributed by atoms with van der Waals surface area (Å²) in [4.78, 5) is 40.5. The maximum atomic E-state index is 13.2. The lowest BCUT2D eigenvalue weighted by Gasteiger charge is -2.26. The smallest absolute Gasteiger partial charge is 0.335 e. The minimum absolute atomic E-state index is 0.149. The molecule has 4 amide bonds. The van der Waals surface area contributed by atoms with Gasteiger partial charge in [0.15, 0.2) is 11.5 Å². The van der Waals surface area contributed by atoms with E-state index in [0.717, 1.165) is 16.2 Å². The van der Waals surface area contributed by atoms with Gasteiger partial charge in [0.05, 0.1) is 18.9 Å². The van der Waals surface area contributed by atoms with Crippen LogP contribution in [0, 0.1) is 6.92 Å². The second kappa shape index (κ2) is 12.1. The molecule has 0 spiro atoms. The van der Waals surface area contributed by atoms with Gasteiger partial charge in [-0.15, -0.1) is 11.8 Å². The molecule has 5 rings (SSSR count). The van der Waals surface area contributed by atoms with Crippen molar-refractivity contribution in [3.63, 3.8) is 0 Å². The van der Waals surface area contributed by atoms with Crippen molar-refractivity contribution in [2.24, 2.45) is 0 Å². The molecule has 1 N–H and O–H groups in total. The third-order valence-corrected chi connectivity index (χ3v) is 7.33. The number of hydrogen-bond acceptors (Lipinski definition) is 6. The number of anilines is 1. The summed E-state index contributed by atoms with van der Waals surface area (Å²) < 4.78 is 11.8. The zero-order valence-corrected chi connectivity index (χ0v) is 23.0. The minimum Gasteiger partial charge on any atom is -0.490 e. The molecule has 0 aromatic heterocycles. The number of urea groups is 1. The first kappa shape index (κ1) is 27.0. The number of imide groups is 2. The van der Waals surface area contributed by atoms with Gasteiger partial charge in [-0.25, -0.2) is 9.69 Å². The van der Waals surface area contributed by atoms with E-state index in [2.05, 4.69) is 35.6 Å². The molecule has 1 saturated heterocycles. The SMILES string of the molecule is CCOc1cc(/C=C2\C(=O)NC(=O)N(c3cccc(C)c3)C2=O)ccc1OCCSc1cccc2ccccc12. The first-order chi connectivity index (χ1) is 19.4. The van der Waals surface area contributed by atoms with E-state index in [1.54, 1.807) is 48.2 Å².